The van der Waals surface area contributed by atoms with Crippen molar-refractivity contribution in [1.29, 1.82) is 0 Å². The van der Waals surface area contributed by atoms with E-state index < -0.39 is 6.10 Å². The normalized spacial score (nSPS) is 11.7. The number of aryl methyl sites for hydroxylation is 1. The van der Waals surface area contributed by atoms with Crippen molar-refractivity contribution >= 4 is 29.9 Å². The molecule has 3 N–H and O–H groups in total. The van der Waals surface area contributed by atoms with E-state index in [1.54, 1.807) is 13.1 Å². The number of aromatic nitrogens is 2. The number of aliphatic imine (C=N–C) groups is 1. The standard InChI is InChI=1S/C21H23N5O/c1-14-12-17(15(2)27)6-9-19(14)25-20-10-11-23-21(26-20)24-18-7-4-16(5-8-18)13-22-3/h4-12,15,27H,3,13H2,1-2H3,(H2,23,24,25,26). The Hall–Kier alpha value is -3.25. The van der Waals surface area contributed by atoms with Crippen LogP contribution in [0, 0.1) is 6.92 Å². The lowest BCUT2D eigenvalue weighted by Gasteiger charge is -2.13. The number of hydrogen-bond acceptors (Lipinski definition) is 6. The Morgan fingerprint density at radius 3 is 2.56 bits per heavy atom. The Morgan fingerprint density at radius 1 is 1.11 bits per heavy atom. The molecule has 1 atom stereocenters. The molecule has 6 heteroatoms. The van der Waals surface area contributed by atoms with Crippen molar-refractivity contribution in [3.8, 4) is 0 Å². The molecule has 138 valence electrons. The van der Waals surface area contributed by atoms with Crippen LogP contribution in [0.15, 0.2) is 59.7 Å². The molecule has 0 bridgehead atoms. The average Bonchev–Trinajstić information content (AvgIpc) is 2.65. The molecule has 0 aliphatic carbocycles. The third kappa shape index (κ3) is 4.89. The molecule has 0 saturated carbocycles. The lowest BCUT2D eigenvalue weighted by Crippen LogP contribution is -2.02. The van der Waals surface area contributed by atoms with Crippen LogP contribution in [0.2, 0.25) is 0 Å². The van der Waals surface area contributed by atoms with E-state index >= 15 is 0 Å². The van der Waals surface area contributed by atoms with Crippen LogP contribution in [0.4, 0.5) is 23.1 Å². The predicted octanol–water partition coefficient (Wildman–Crippen LogP) is 4.53. The van der Waals surface area contributed by atoms with Gasteiger partial charge in [0.2, 0.25) is 5.95 Å². The van der Waals surface area contributed by atoms with E-state index in [1.165, 1.54) is 0 Å². The van der Waals surface area contributed by atoms with Crippen molar-refractivity contribution in [2.45, 2.75) is 26.5 Å². The zero-order valence-electron chi connectivity index (χ0n) is 15.5. The smallest absolute Gasteiger partial charge is 0.229 e. The minimum atomic E-state index is -0.485. The number of aliphatic hydroxyl groups excluding tert-OH is 1. The SMILES string of the molecule is C=NCc1ccc(Nc2nccc(Nc3ccc(C(C)O)cc3C)n2)cc1. The van der Waals surface area contributed by atoms with Gasteiger partial charge in [-0.05, 0) is 61.5 Å². The predicted molar refractivity (Wildman–Crippen MR) is 110 cm³/mol. The van der Waals surface area contributed by atoms with Gasteiger partial charge in [-0.1, -0.05) is 24.3 Å². The van der Waals surface area contributed by atoms with Crippen LogP contribution in [-0.4, -0.2) is 21.8 Å². The fourth-order valence-corrected chi connectivity index (χ4v) is 2.67. The van der Waals surface area contributed by atoms with Crippen molar-refractivity contribution < 1.29 is 5.11 Å². The number of rotatable bonds is 7. The number of anilines is 4. The molecule has 1 unspecified atom stereocenters. The highest BCUT2D eigenvalue weighted by Gasteiger charge is 2.06. The summed E-state index contributed by atoms with van der Waals surface area (Å²) in [7, 11) is 0. The monoisotopic (exact) mass is 361 g/mol. The molecule has 27 heavy (non-hydrogen) atoms. The Labute approximate surface area is 159 Å². The fourth-order valence-electron chi connectivity index (χ4n) is 2.67. The molecule has 6 nitrogen and oxygen atoms in total. The molecule has 2 aromatic carbocycles. The van der Waals surface area contributed by atoms with Gasteiger partial charge in [-0.15, -0.1) is 0 Å². The van der Waals surface area contributed by atoms with E-state index in [4.69, 9.17) is 0 Å². The van der Waals surface area contributed by atoms with Crippen molar-refractivity contribution in [3.05, 3.63) is 71.4 Å². The summed E-state index contributed by atoms with van der Waals surface area (Å²) in [6, 6.07) is 15.5. The van der Waals surface area contributed by atoms with Crippen LogP contribution in [0.1, 0.15) is 29.7 Å². The van der Waals surface area contributed by atoms with Crippen LogP contribution in [-0.2, 0) is 6.54 Å². The maximum absolute atomic E-state index is 9.69. The summed E-state index contributed by atoms with van der Waals surface area (Å²) in [6.45, 7) is 7.85. The van der Waals surface area contributed by atoms with Gasteiger partial charge in [0, 0.05) is 17.6 Å². The maximum atomic E-state index is 9.69. The lowest BCUT2D eigenvalue weighted by molar-refractivity contribution is 0.199. The maximum Gasteiger partial charge on any atom is 0.229 e. The van der Waals surface area contributed by atoms with E-state index in [2.05, 4.69) is 32.3 Å². The van der Waals surface area contributed by atoms with Gasteiger partial charge in [0.05, 0.1) is 12.6 Å². The first-order chi connectivity index (χ1) is 13.0. The molecule has 0 fully saturated rings. The summed E-state index contributed by atoms with van der Waals surface area (Å²) >= 11 is 0. The number of aliphatic hydroxyl groups is 1. The van der Waals surface area contributed by atoms with Crippen LogP contribution in [0.5, 0.6) is 0 Å². The van der Waals surface area contributed by atoms with Crippen LogP contribution in [0.3, 0.4) is 0 Å². The van der Waals surface area contributed by atoms with Gasteiger partial charge in [0.1, 0.15) is 5.82 Å². The molecule has 0 aliphatic heterocycles. The number of benzene rings is 2. The van der Waals surface area contributed by atoms with E-state index in [1.807, 2.05) is 55.5 Å². The third-order valence-electron chi connectivity index (χ3n) is 4.16. The lowest BCUT2D eigenvalue weighted by atomic mass is 10.1. The highest BCUT2D eigenvalue weighted by atomic mass is 16.3. The first kappa shape index (κ1) is 18.5. The van der Waals surface area contributed by atoms with E-state index in [-0.39, 0.29) is 0 Å². The molecular formula is C21H23N5O. The van der Waals surface area contributed by atoms with E-state index in [9.17, 15) is 5.11 Å². The van der Waals surface area contributed by atoms with Crippen LogP contribution < -0.4 is 10.6 Å². The Bertz CT molecular complexity index is 922. The second-order valence-corrected chi connectivity index (χ2v) is 6.34. The zero-order chi connectivity index (χ0) is 19.2. The number of nitrogens with one attached hydrogen (secondary N) is 2. The number of hydrogen-bond donors (Lipinski definition) is 3. The molecule has 3 aromatic rings. The molecule has 0 amide bonds. The minimum Gasteiger partial charge on any atom is -0.389 e. The van der Waals surface area contributed by atoms with Gasteiger partial charge in [-0.3, -0.25) is 4.99 Å². The minimum absolute atomic E-state index is 0.485. The number of nitrogens with zero attached hydrogens (tertiary/aromatic N) is 3. The Morgan fingerprint density at radius 2 is 1.89 bits per heavy atom. The van der Waals surface area contributed by atoms with Crippen LogP contribution in [0.25, 0.3) is 0 Å². The molecule has 3 rings (SSSR count). The molecule has 1 aromatic heterocycles. The molecule has 0 saturated heterocycles. The summed E-state index contributed by atoms with van der Waals surface area (Å²) in [5.41, 5.74) is 4.86. The summed E-state index contributed by atoms with van der Waals surface area (Å²) in [5, 5.41) is 16.2. The molecule has 0 radical (unpaired) electrons. The molecule has 0 spiro atoms. The second kappa shape index (κ2) is 8.42. The fraction of sp³-hybridized carbons (Fsp3) is 0.190. The quantitative estimate of drug-likeness (QED) is 0.539. The molecule has 0 aliphatic rings. The Kier molecular flexibility index (Phi) is 5.78. The highest BCUT2D eigenvalue weighted by Crippen LogP contribution is 2.24. The van der Waals surface area contributed by atoms with Crippen molar-refractivity contribution in [2.75, 3.05) is 10.6 Å². The summed E-state index contributed by atoms with van der Waals surface area (Å²) in [6.07, 6.45) is 1.22. The van der Waals surface area contributed by atoms with Gasteiger partial charge >= 0.3 is 0 Å². The van der Waals surface area contributed by atoms with Crippen LogP contribution >= 0.6 is 0 Å². The van der Waals surface area contributed by atoms with E-state index in [0.29, 0.717) is 18.3 Å². The second-order valence-electron chi connectivity index (χ2n) is 6.34. The molecule has 1 heterocycles. The molecular weight excluding hydrogens is 338 g/mol. The summed E-state index contributed by atoms with van der Waals surface area (Å²) in [5.74, 6) is 1.20. The third-order valence-corrected chi connectivity index (χ3v) is 4.16. The summed E-state index contributed by atoms with van der Waals surface area (Å²) in [4.78, 5) is 12.7. The first-order valence-corrected chi connectivity index (χ1v) is 8.72. The highest BCUT2D eigenvalue weighted by molar-refractivity contribution is 5.62. The summed E-state index contributed by atoms with van der Waals surface area (Å²) < 4.78 is 0. The largest absolute Gasteiger partial charge is 0.389 e. The topological polar surface area (TPSA) is 82.4 Å². The van der Waals surface area contributed by atoms with E-state index in [0.717, 1.165) is 28.1 Å². The van der Waals surface area contributed by atoms with Gasteiger partial charge in [0.25, 0.3) is 0 Å². The zero-order valence-corrected chi connectivity index (χ0v) is 15.5. The van der Waals surface area contributed by atoms with Crippen molar-refractivity contribution in [3.63, 3.8) is 0 Å². The van der Waals surface area contributed by atoms with Crippen molar-refractivity contribution in [1.82, 2.24) is 9.97 Å². The van der Waals surface area contributed by atoms with Gasteiger partial charge in [-0.2, -0.15) is 4.98 Å². The Balaban J connectivity index is 1.73. The van der Waals surface area contributed by atoms with Gasteiger partial charge in [0.15, 0.2) is 0 Å². The van der Waals surface area contributed by atoms with Crippen molar-refractivity contribution in [2.24, 2.45) is 4.99 Å². The van der Waals surface area contributed by atoms with Gasteiger partial charge in [-0.25, -0.2) is 4.98 Å². The first-order valence-electron chi connectivity index (χ1n) is 8.72. The average molecular weight is 361 g/mol. The van der Waals surface area contributed by atoms with Gasteiger partial charge < -0.3 is 15.7 Å².